The minimum absolute atomic E-state index is 0.217. The van der Waals surface area contributed by atoms with Crippen LogP contribution in [0.4, 0.5) is 4.39 Å². The van der Waals surface area contributed by atoms with E-state index < -0.39 is 0 Å². The van der Waals surface area contributed by atoms with Crippen LogP contribution in [0.3, 0.4) is 0 Å². The Morgan fingerprint density at radius 3 is 2.25 bits per heavy atom. The summed E-state index contributed by atoms with van der Waals surface area (Å²) < 4.78 is 12.9. The number of hydrogen-bond donors (Lipinski definition) is 1. The zero-order valence-corrected chi connectivity index (χ0v) is 10.6. The van der Waals surface area contributed by atoms with Crippen LogP contribution in [0.5, 0.6) is 0 Å². The van der Waals surface area contributed by atoms with Crippen molar-refractivity contribution < 1.29 is 9.18 Å². The Balaban J connectivity index is 0. The normalized spacial score (nSPS) is 7.81. The summed E-state index contributed by atoms with van der Waals surface area (Å²) in [6.07, 6.45) is 1.15. The number of halogens is 1. The molecule has 1 aromatic carbocycles. The van der Waals surface area contributed by atoms with Crippen molar-refractivity contribution in [1.29, 1.82) is 0 Å². The average molecular weight is 227 g/mol. The lowest BCUT2D eigenvalue weighted by molar-refractivity contribution is -0.109. The predicted octanol–water partition coefficient (Wildman–Crippen LogP) is 3.17. The van der Waals surface area contributed by atoms with Gasteiger partial charge in [-0.25, -0.2) is 4.39 Å². The molecule has 1 aromatic rings. The third kappa shape index (κ3) is 7.97. The summed E-state index contributed by atoms with van der Waals surface area (Å²) in [6.45, 7) is 8.48. The largest absolute Gasteiger partial charge is 0.358 e. The molecule has 92 valence electrons. The van der Waals surface area contributed by atoms with Crippen LogP contribution in [0.2, 0.25) is 0 Å². The molecule has 16 heavy (non-hydrogen) atoms. The van der Waals surface area contributed by atoms with E-state index in [0.717, 1.165) is 0 Å². The Morgan fingerprint density at radius 2 is 1.75 bits per heavy atom. The van der Waals surface area contributed by atoms with Crippen molar-refractivity contribution in [3.8, 4) is 0 Å². The number of carbonyl (C=O) groups excluding carboxylic acids is 1. The molecule has 0 saturated carbocycles. The van der Waals surface area contributed by atoms with Gasteiger partial charge in [-0.05, 0) is 18.1 Å². The number of amides is 1. The highest BCUT2D eigenvalue weighted by Gasteiger charge is 1.98. The van der Waals surface area contributed by atoms with Gasteiger partial charge in [0.2, 0.25) is 6.41 Å². The van der Waals surface area contributed by atoms with Crippen molar-refractivity contribution in [2.24, 2.45) is 0 Å². The van der Waals surface area contributed by atoms with Gasteiger partial charge in [-0.1, -0.05) is 45.9 Å². The van der Waals surface area contributed by atoms with Crippen LogP contribution in [-0.2, 0) is 11.2 Å². The van der Waals surface area contributed by atoms with Crippen molar-refractivity contribution in [3.63, 3.8) is 0 Å². The lowest BCUT2D eigenvalue weighted by atomic mass is 10.1. The molecule has 0 fully saturated rings. The molecule has 2 nitrogen and oxygen atoms in total. The fourth-order valence-electron chi connectivity index (χ4n) is 0.967. The summed E-state index contributed by atoms with van der Waals surface area (Å²) in [7, 11) is 0. The second-order valence-corrected chi connectivity index (χ2v) is 2.41. The van der Waals surface area contributed by atoms with E-state index in [-0.39, 0.29) is 5.82 Å². The Bertz CT molecular complexity index is 264. The number of rotatable bonds is 4. The van der Waals surface area contributed by atoms with Gasteiger partial charge < -0.3 is 5.32 Å². The fraction of sp³-hybridized carbons (Fsp3) is 0.462. The van der Waals surface area contributed by atoms with E-state index in [1.165, 1.54) is 6.07 Å². The molecule has 0 aliphatic carbocycles. The van der Waals surface area contributed by atoms with E-state index >= 15 is 0 Å². The van der Waals surface area contributed by atoms with Crippen LogP contribution in [-0.4, -0.2) is 13.0 Å². The van der Waals surface area contributed by atoms with Gasteiger partial charge in [0, 0.05) is 6.54 Å². The van der Waals surface area contributed by atoms with Gasteiger partial charge in [-0.15, -0.1) is 0 Å². The van der Waals surface area contributed by atoms with Gasteiger partial charge in [0.25, 0.3) is 0 Å². The van der Waals surface area contributed by atoms with Crippen molar-refractivity contribution in [2.45, 2.75) is 34.1 Å². The second kappa shape index (κ2) is 13.6. The molecule has 0 aliphatic rings. The zero-order valence-electron chi connectivity index (χ0n) is 10.6. The smallest absolute Gasteiger partial charge is 0.207 e. The maximum atomic E-state index is 12.9. The van der Waals surface area contributed by atoms with Crippen LogP contribution in [0.1, 0.15) is 33.3 Å². The molecule has 0 aromatic heterocycles. The molecule has 3 heteroatoms. The number of hydrogen-bond acceptors (Lipinski definition) is 1. The summed E-state index contributed by atoms with van der Waals surface area (Å²) in [5.74, 6) is -0.217. The van der Waals surface area contributed by atoms with Crippen LogP contribution >= 0.6 is 0 Å². The highest BCUT2D eigenvalue weighted by atomic mass is 19.1. The lowest BCUT2D eigenvalue weighted by Gasteiger charge is -2.00. The molecule has 0 radical (unpaired) electrons. The first-order valence-corrected chi connectivity index (χ1v) is 5.75. The predicted molar refractivity (Wildman–Crippen MR) is 66.9 cm³/mol. The van der Waals surface area contributed by atoms with Crippen LogP contribution in [0.15, 0.2) is 24.3 Å². The summed E-state index contributed by atoms with van der Waals surface area (Å²) in [6, 6.07) is 6.55. The maximum Gasteiger partial charge on any atom is 0.207 e. The van der Waals surface area contributed by atoms with E-state index in [0.29, 0.717) is 24.9 Å². The quantitative estimate of drug-likeness (QED) is 0.621. The van der Waals surface area contributed by atoms with Crippen LogP contribution in [0.25, 0.3) is 0 Å². The molecule has 1 rings (SSSR count). The Morgan fingerprint density at radius 1 is 1.19 bits per heavy atom. The van der Waals surface area contributed by atoms with E-state index in [1.807, 2.05) is 27.7 Å². The van der Waals surface area contributed by atoms with Crippen molar-refractivity contribution in [1.82, 2.24) is 5.32 Å². The van der Waals surface area contributed by atoms with Crippen LogP contribution in [0, 0.1) is 5.82 Å². The Kier molecular flexibility index (Phi) is 14.5. The third-order valence-electron chi connectivity index (χ3n) is 1.58. The van der Waals surface area contributed by atoms with Crippen LogP contribution < -0.4 is 5.32 Å². The minimum atomic E-state index is -0.217. The summed E-state index contributed by atoms with van der Waals surface area (Å²) >= 11 is 0. The zero-order chi connectivity index (χ0) is 12.8. The summed E-state index contributed by atoms with van der Waals surface area (Å²) in [4.78, 5) is 9.88. The first kappa shape index (κ1) is 17.0. The molecule has 1 amide bonds. The van der Waals surface area contributed by atoms with Gasteiger partial charge in [-0.3, -0.25) is 4.79 Å². The third-order valence-corrected chi connectivity index (χ3v) is 1.58. The molecule has 1 N–H and O–H groups in total. The minimum Gasteiger partial charge on any atom is -0.358 e. The molecule has 0 bridgehead atoms. The molecular formula is C13H22FNO. The number of nitrogens with one attached hydrogen (secondary N) is 1. The molecule has 0 aliphatic heterocycles. The number of carbonyl (C=O) groups is 1. The molecule has 0 saturated heterocycles. The monoisotopic (exact) mass is 227 g/mol. The maximum absolute atomic E-state index is 12.9. The van der Waals surface area contributed by atoms with Crippen molar-refractivity contribution in [3.05, 3.63) is 35.6 Å². The molecular weight excluding hydrogens is 205 g/mol. The van der Waals surface area contributed by atoms with Gasteiger partial charge in [-0.2, -0.15) is 0 Å². The molecule has 0 atom stereocenters. The Labute approximate surface area is 97.9 Å². The summed E-state index contributed by atoms with van der Waals surface area (Å²) in [5.41, 5.74) is 0.631. The first-order chi connectivity index (χ1) is 7.84. The van der Waals surface area contributed by atoms with Gasteiger partial charge >= 0.3 is 0 Å². The SMILES string of the molecule is CC.CC.O=CNCCc1ccccc1F. The van der Waals surface area contributed by atoms with Gasteiger partial charge in [0.15, 0.2) is 0 Å². The van der Waals surface area contributed by atoms with E-state index in [4.69, 9.17) is 0 Å². The molecule has 0 heterocycles. The molecule has 0 unspecified atom stereocenters. The first-order valence-electron chi connectivity index (χ1n) is 5.75. The van der Waals surface area contributed by atoms with Gasteiger partial charge in [0.05, 0.1) is 0 Å². The van der Waals surface area contributed by atoms with Crippen molar-refractivity contribution >= 4 is 6.41 Å². The highest BCUT2D eigenvalue weighted by molar-refractivity contribution is 5.45. The Hall–Kier alpha value is -1.38. The topological polar surface area (TPSA) is 29.1 Å². The lowest BCUT2D eigenvalue weighted by Crippen LogP contribution is -2.14. The fourth-order valence-corrected chi connectivity index (χ4v) is 0.967. The van der Waals surface area contributed by atoms with E-state index in [1.54, 1.807) is 18.2 Å². The molecule has 0 spiro atoms. The highest BCUT2D eigenvalue weighted by Crippen LogP contribution is 2.05. The van der Waals surface area contributed by atoms with Gasteiger partial charge in [0.1, 0.15) is 5.82 Å². The van der Waals surface area contributed by atoms with E-state index in [9.17, 15) is 9.18 Å². The van der Waals surface area contributed by atoms with E-state index in [2.05, 4.69) is 5.32 Å². The van der Waals surface area contributed by atoms with Crippen molar-refractivity contribution in [2.75, 3.05) is 6.54 Å². The standard InChI is InChI=1S/C9H10FNO.2C2H6/c10-9-4-2-1-3-8(9)5-6-11-7-12;2*1-2/h1-4,7H,5-6H2,(H,11,12);2*1-2H3. The second-order valence-electron chi connectivity index (χ2n) is 2.41. The average Bonchev–Trinajstić information content (AvgIpc) is 2.37. The summed E-state index contributed by atoms with van der Waals surface area (Å²) in [5, 5.41) is 2.48. The number of benzene rings is 1.